The van der Waals surface area contributed by atoms with Crippen molar-refractivity contribution in [2.24, 2.45) is 0 Å². The van der Waals surface area contributed by atoms with Crippen molar-refractivity contribution in [3.05, 3.63) is 78.0 Å². The van der Waals surface area contributed by atoms with Crippen LogP contribution in [0.3, 0.4) is 0 Å². The Labute approximate surface area is 177 Å². The number of pyridine rings is 1. The molecule has 0 saturated heterocycles. The molecule has 3 heterocycles. The first kappa shape index (κ1) is 20.0. The smallest absolute Gasteiger partial charge is 0.338 e. The van der Waals surface area contributed by atoms with E-state index in [4.69, 9.17) is 0 Å². The number of aromatic amines is 1. The molecule has 4 rings (SSSR count). The van der Waals surface area contributed by atoms with Crippen molar-refractivity contribution in [2.45, 2.75) is 13.3 Å². The van der Waals surface area contributed by atoms with Gasteiger partial charge in [-0.3, -0.25) is 9.78 Å². The highest BCUT2D eigenvalue weighted by Crippen LogP contribution is 2.30. The van der Waals surface area contributed by atoms with Gasteiger partial charge in [0, 0.05) is 42.3 Å². The van der Waals surface area contributed by atoms with Gasteiger partial charge in [-0.1, -0.05) is 25.1 Å². The zero-order chi connectivity index (χ0) is 21.8. The van der Waals surface area contributed by atoms with Crippen LogP contribution in [0.25, 0.3) is 28.4 Å². The molecule has 0 aliphatic rings. The van der Waals surface area contributed by atoms with Gasteiger partial charge in [-0.15, -0.1) is 0 Å². The number of anilines is 1. The number of carbonyl (C=O) groups is 2. The molecule has 0 bridgehead atoms. The highest BCUT2D eigenvalue weighted by molar-refractivity contribution is 6.08. The van der Waals surface area contributed by atoms with Gasteiger partial charge in [0.1, 0.15) is 11.5 Å². The number of carboxylic acid groups (broad SMARTS) is 1. The second-order valence-electron chi connectivity index (χ2n) is 6.76. The monoisotopic (exact) mass is 413 g/mol. The summed E-state index contributed by atoms with van der Waals surface area (Å²) in [5.74, 6) is -0.767. The molecule has 0 atom stereocenters. The number of aryl methyl sites for hydroxylation is 1. The fourth-order valence-corrected chi connectivity index (χ4v) is 3.19. The maximum Gasteiger partial charge on any atom is 0.338 e. The van der Waals surface area contributed by atoms with Crippen molar-refractivity contribution in [3.8, 4) is 11.3 Å². The Morgan fingerprint density at radius 1 is 1.19 bits per heavy atom. The van der Waals surface area contributed by atoms with Crippen molar-refractivity contribution in [1.82, 2.24) is 19.9 Å². The first-order valence-corrected chi connectivity index (χ1v) is 9.66. The van der Waals surface area contributed by atoms with Crippen LogP contribution in [0.15, 0.2) is 61.1 Å². The normalized spacial score (nSPS) is 11.1. The Morgan fingerprint density at radius 2 is 2.06 bits per heavy atom. The minimum absolute atomic E-state index is 0.0986. The fourth-order valence-electron chi connectivity index (χ4n) is 3.19. The molecule has 1 amide bonds. The average Bonchev–Trinajstić information content (AvgIpc) is 3.22. The van der Waals surface area contributed by atoms with Crippen LogP contribution in [-0.2, 0) is 11.2 Å². The van der Waals surface area contributed by atoms with Gasteiger partial charge in [0.25, 0.3) is 0 Å². The summed E-state index contributed by atoms with van der Waals surface area (Å²) >= 11 is 0. The SMILES string of the molecule is CCc1nc(-c2cccc(NC(=O)/C=C/c3cccnc3)c2)c2c(C(=O)O)c[nH]c2n1. The first-order valence-electron chi connectivity index (χ1n) is 9.66. The number of nitrogens with zero attached hydrogens (tertiary/aromatic N) is 3. The Bertz CT molecular complexity index is 1300. The molecule has 154 valence electrons. The molecule has 0 spiro atoms. The molecule has 0 aliphatic carbocycles. The van der Waals surface area contributed by atoms with E-state index in [1.165, 1.54) is 12.3 Å². The van der Waals surface area contributed by atoms with Crippen LogP contribution in [0.2, 0.25) is 0 Å². The largest absolute Gasteiger partial charge is 0.478 e. The molecule has 8 nitrogen and oxygen atoms in total. The molecular weight excluding hydrogens is 394 g/mol. The number of nitrogens with one attached hydrogen (secondary N) is 2. The summed E-state index contributed by atoms with van der Waals surface area (Å²) in [6.45, 7) is 1.93. The van der Waals surface area contributed by atoms with Crippen LogP contribution < -0.4 is 5.32 Å². The van der Waals surface area contributed by atoms with Gasteiger partial charge in [-0.25, -0.2) is 14.8 Å². The molecule has 4 aromatic rings. The summed E-state index contributed by atoms with van der Waals surface area (Å²) in [5.41, 5.74) is 3.13. The quantitative estimate of drug-likeness (QED) is 0.412. The standard InChI is InChI=1S/C23H19N5O3/c1-2-18-27-21(20-17(23(30)31)13-25-22(20)28-18)15-6-3-7-16(11-15)26-19(29)9-8-14-5-4-10-24-12-14/h3-13H,2H2,1H3,(H,26,29)(H,30,31)(H,25,27,28)/b9-8+. The van der Waals surface area contributed by atoms with Crippen LogP contribution in [0, 0.1) is 0 Å². The van der Waals surface area contributed by atoms with E-state index in [2.05, 4.69) is 25.3 Å². The van der Waals surface area contributed by atoms with Gasteiger partial charge < -0.3 is 15.4 Å². The van der Waals surface area contributed by atoms with E-state index in [1.807, 2.05) is 19.1 Å². The van der Waals surface area contributed by atoms with E-state index >= 15 is 0 Å². The molecule has 8 heteroatoms. The topological polar surface area (TPSA) is 121 Å². The van der Waals surface area contributed by atoms with E-state index in [0.29, 0.717) is 40.2 Å². The molecule has 0 aliphatic heterocycles. The highest BCUT2D eigenvalue weighted by atomic mass is 16.4. The number of hydrogen-bond donors (Lipinski definition) is 3. The van der Waals surface area contributed by atoms with Crippen LogP contribution in [0.1, 0.15) is 28.7 Å². The number of aromatic carboxylic acids is 1. The van der Waals surface area contributed by atoms with Crippen LogP contribution in [-0.4, -0.2) is 36.9 Å². The van der Waals surface area contributed by atoms with Crippen molar-refractivity contribution in [3.63, 3.8) is 0 Å². The molecule has 3 N–H and O–H groups in total. The lowest BCUT2D eigenvalue weighted by Crippen LogP contribution is -2.08. The van der Waals surface area contributed by atoms with Gasteiger partial charge >= 0.3 is 5.97 Å². The summed E-state index contributed by atoms with van der Waals surface area (Å²) in [5, 5.41) is 12.8. The van der Waals surface area contributed by atoms with E-state index in [0.717, 1.165) is 5.56 Å². The summed E-state index contributed by atoms with van der Waals surface area (Å²) in [6.07, 6.45) is 8.44. The summed E-state index contributed by atoms with van der Waals surface area (Å²) in [4.78, 5) is 39.9. The van der Waals surface area contributed by atoms with E-state index in [-0.39, 0.29) is 11.5 Å². The third-order valence-electron chi connectivity index (χ3n) is 4.64. The van der Waals surface area contributed by atoms with Crippen molar-refractivity contribution < 1.29 is 14.7 Å². The number of carboxylic acids is 1. The van der Waals surface area contributed by atoms with Gasteiger partial charge in [-0.05, 0) is 29.8 Å². The van der Waals surface area contributed by atoms with Gasteiger partial charge in [0.15, 0.2) is 0 Å². The van der Waals surface area contributed by atoms with Crippen LogP contribution in [0.4, 0.5) is 5.69 Å². The summed E-state index contributed by atoms with van der Waals surface area (Å²) in [6, 6.07) is 10.8. The molecule has 0 saturated carbocycles. The Hall–Kier alpha value is -4.33. The predicted molar refractivity (Wildman–Crippen MR) is 118 cm³/mol. The zero-order valence-corrected chi connectivity index (χ0v) is 16.7. The lowest BCUT2D eigenvalue weighted by Gasteiger charge is -2.09. The highest BCUT2D eigenvalue weighted by Gasteiger charge is 2.19. The van der Waals surface area contributed by atoms with E-state index in [1.54, 1.807) is 42.7 Å². The van der Waals surface area contributed by atoms with E-state index < -0.39 is 5.97 Å². The minimum Gasteiger partial charge on any atom is -0.478 e. The fraction of sp³-hybridized carbons (Fsp3) is 0.0870. The van der Waals surface area contributed by atoms with Crippen molar-refractivity contribution in [1.29, 1.82) is 0 Å². The van der Waals surface area contributed by atoms with Crippen LogP contribution >= 0.6 is 0 Å². The summed E-state index contributed by atoms with van der Waals surface area (Å²) < 4.78 is 0. The molecule has 0 radical (unpaired) electrons. The van der Waals surface area contributed by atoms with Gasteiger partial charge in [0.05, 0.1) is 16.6 Å². The molecule has 3 aromatic heterocycles. The lowest BCUT2D eigenvalue weighted by molar-refractivity contribution is -0.111. The summed E-state index contributed by atoms with van der Waals surface area (Å²) in [7, 11) is 0. The molecule has 1 aromatic carbocycles. The predicted octanol–water partition coefficient (Wildman–Crippen LogP) is 3.93. The number of H-pyrrole nitrogens is 1. The number of carbonyl (C=O) groups excluding carboxylic acids is 1. The second kappa shape index (κ2) is 8.58. The Morgan fingerprint density at radius 3 is 2.81 bits per heavy atom. The van der Waals surface area contributed by atoms with Crippen molar-refractivity contribution >= 4 is 34.7 Å². The molecule has 0 fully saturated rings. The molecule has 0 unspecified atom stereocenters. The number of aromatic nitrogens is 4. The second-order valence-corrected chi connectivity index (χ2v) is 6.76. The van der Waals surface area contributed by atoms with Gasteiger partial charge in [0.2, 0.25) is 5.91 Å². The minimum atomic E-state index is -1.06. The Balaban J connectivity index is 1.67. The van der Waals surface area contributed by atoms with E-state index in [9.17, 15) is 14.7 Å². The maximum absolute atomic E-state index is 12.3. The van der Waals surface area contributed by atoms with Crippen molar-refractivity contribution in [2.75, 3.05) is 5.32 Å². The number of fused-ring (bicyclic) bond motifs is 1. The number of rotatable bonds is 6. The third-order valence-corrected chi connectivity index (χ3v) is 4.64. The number of benzene rings is 1. The molecule has 31 heavy (non-hydrogen) atoms. The lowest BCUT2D eigenvalue weighted by atomic mass is 10.1. The molecular formula is C23H19N5O3. The zero-order valence-electron chi connectivity index (χ0n) is 16.7. The average molecular weight is 413 g/mol. The third kappa shape index (κ3) is 4.32. The number of hydrogen-bond acceptors (Lipinski definition) is 5. The van der Waals surface area contributed by atoms with Crippen LogP contribution in [0.5, 0.6) is 0 Å². The Kier molecular flexibility index (Phi) is 5.53. The maximum atomic E-state index is 12.3. The van der Waals surface area contributed by atoms with Gasteiger partial charge in [-0.2, -0.15) is 0 Å². The first-order chi connectivity index (χ1) is 15.0. The number of amides is 1.